The second kappa shape index (κ2) is 5.57. The summed E-state index contributed by atoms with van der Waals surface area (Å²) < 4.78 is 64.9. The van der Waals surface area contributed by atoms with E-state index < -0.39 is 26.7 Å². The van der Waals surface area contributed by atoms with Gasteiger partial charge in [-0.25, -0.2) is 8.42 Å². The third-order valence-electron chi connectivity index (χ3n) is 2.56. The zero-order chi connectivity index (χ0) is 15.7. The zero-order valence-electron chi connectivity index (χ0n) is 10.4. The molecule has 0 amide bonds. The minimum atomic E-state index is -4.76. The molecule has 112 valence electrons. The summed E-state index contributed by atoms with van der Waals surface area (Å²) >= 11 is 5.71. The zero-order valence-corrected chi connectivity index (χ0v) is 11.9. The highest BCUT2D eigenvalue weighted by Crippen LogP contribution is 2.34. The van der Waals surface area contributed by atoms with Crippen molar-refractivity contribution in [2.75, 3.05) is 4.72 Å². The lowest BCUT2D eigenvalue weighted by Crippen LogP contribution is -2.18. The van der Waals surface area contributed by atoms with Crippen LogP contribution in [0.4, 0.5) is 18.9 Å². The summed E-state index contributed by atoms with van der Waals surface area (Å²) in [6, 6.07) is 9.65. The smallest absolute Gasteiger partial charge is 0.280 e. The van der Waals surface area contributed by atoms with Crippen molar-refractivity contribution in [2.45, 2.75) is 11.1 Å². The van der Waals surface area contributed by atoms with E-state index in [-0.39, 0.29) is 10.7 Å². The number of alkyl halides is 3. The highest BCUT2D eigenvalue weighted by Gasteiger charge is 2.36. The Morgan fingerprint density at radius 2 is 1.67 bits per heavy atom. The van der Waals surface area contributed by atoms with E-state index in [9.17, 15) is 21.6 Å². The SMILES string of the molecule is O=S(=O)(Nc1cccc(Cl)c1)c1ccccc1C(F)(F)F. The summed E-state index contributed by atoms with van der Waals surface area (Å²) in [5, 5.41) is 0.263. The van der Waals surface area contributed by atoms with Crippen LogP contribution in [-0.2, 0) is 16.2 Å². The van der Waals surface area contributed by atoms with E-state index in [0.717, 1.165) is 12.1 Å². The quantitative estimate of drug-likeness (QED) is 0.915. The predicted molar refractivity (Wildman–Crippen MR) is 73.7 cm³/mol. The van der Waals surface area contributed by atoms with Crippen molar-refractivity contribution in [1.82, 2.24) is 0 Å². The van der Waals surface area contributed by atoms with Crippen molar-refractivity contribution >= 4 is 27.3 Å². The van der Waals surface area contributed by atoms with Gasteiger partial charge in [-0.2, -0.15) is 13.2 Å². The van der Waals surface area contributed by atoms with Crippen LogP contribution in [-0.4, -0.2) is 8.42 Å². The first-order valence-electron chi connectivity index (χ1n) is 5.65. The molecular weight excluding hydrogens is 327 g/mol. The normalized spacial score (nSPS) is 12.2. The van der Waals surface area contributed by atoms with Crippen LogP contribution in [0.2, 0.25) is 5.02 Å². The number of nitrogens with one attached hydrogen (secondary N) is 1. The van der Waals surface area contributed by atoms with E-state index in [4.69, 9.17) is 11.6 Å². The summed E-state index contributed by atoms with van der Waals surface area (Å²) in [5.74, 6) is 0. The number of rotatable bonds is 3. The molecule has 0 aromatic heterocycles. The Morgan fingerprint density at radius 3 is 2.29 bits per heavy atom. The van der Waals surface area contributed by atoms with Gasteiger partial charge < -0.3 is 0 Å². The van der Waals surface area contributed by atoms with E-state index in [1.807, 2.05) is 0 Å². The first kappa shape index (κ1) is 15.7. The molecule has 3 nitrogen and oxygen atoms in total. The monoisotopic (exact) mass is 335 g/mol. The van der Waals surface area contributed by atoms with Crippen molar-refractivity contribution in [3.8, 4) is 0 Å². The highest BCUT2D eigenvalue weighted by atomic mass is 35.5. The minimum absolute atomic E-state index is 0.0828. The molecule has 0 aliphatic carbocycles. The third kappa shape index (κ3) is 3.68. The summed E-state index contributed by atoms with van der Waals surface area (Å²) in [5.41, 5.74) is -1.14. The molecule has 0 fully saturated rings. The molecule has 2 aromatic rings. The lowest BCUT2D eigenvalue weighted by molar-refractivity contribution is -0.139. The molecule has 21 heavy (non-hydrogen) atoms. The van der Waals surface area contributed by atoms with Crippen molar-refractivity contribution in [1.29, 1.82) is 0 Å². The lowest BCUT2D eigenvalue weighted by Gasteiger charge is -2.14. The van der Waals surface area contributed by atoms with Crippen LogP contribution in [0.15, 0.2) is 53.4 Å². The van der Waals surface area contributed by atoms with Gasteiger partial charge in [-0.15, -0.1) is 0 Å². The van der Waals surface area contributed by atoms with Gasteiger partial charge in [0.15, 0.2) is 0 Å². The Hall–Kier alpha value is -1.73. The third-order valence-corrected chi connectivity index (χ3v) is 4.23. The highest BCUT2D eigenvalue weighted by molar-refractivity contribution is 7.92. The minimum Gasteiger partial charge on any atom is -0.280 e. The van der Waals surface area contributed by atoms with Crippen LogP contribution in [0.1, 0.15) is 5.56 Å². The van der Waals surface area contributed by atoms with Gasteiger partial charge in [0.05, 0.1) is 16.1 Å². The molecule has 0 spiro atoms. The molecular formula is C13H9ClF3NO2S. The van der Waals surface area contributed by atoms with Crippen LogP contribution in [0.3, 0.4) is 0 Å². The number of benzene rings is 2. The molecule has 0 bridgehead atoms. The maximum absolute atomic E-state index is 12.9. The van der Waals surface area contributed by atoms with E-state index in [0.29, 0.717) is 6.07 Å². The van der Waals surface area contributed by atoms with Gasteiger partial charge >= 0.3 is 6.18 Å². The maximum Gasteiger partial charge on any atom is 0.417 e. The molecule has 2 rings (SSSR count). The number of hydrogen-bond donors (Lipinski definition) is 1. The van der Waals surface area contributed by atoms with Gasteiger partial charge in [0.25, 0.3) is 10.0 Å². The predicted octanol–water partition coefficient (Wildman–Crippen LogP) is 4.16. The number of anilines is 1. The Kier molecular flexibility index (Phi) is 4.15. The Balaban J connectivity index is 2.46. The molecule has 0 saturated heterocycles. The molecule has 0 aliphatic rings. The van der Waals surface area contributed by atoms with Crippen LogP contribution >= 0.6 is 11.6 Å². The molecule has 0 unspecified atom stereocenters. The summed E-state index contributed by atoms with van der Waals surface area (Å²) in [6.07, 6.45) is -4.76. The number of halogens is 4. The molecule has 0 aliphatic heterocycles. The Morgan fingerprint density at radius 1 is 1.00 bits per heavy atom. The largest absolute Gasteiger partial charge is 0.417 e. The molecule has 0 saturated carbocycles. The standard InChI is InChI=1S/C13H9ClF3NO2S/c14-9-4-3-5-10(8-9)18-21(19,20)12-7-2-1-6-11(12)13(15,16)17/h1-8,18H. The summed E-state index contributed by atoms with van der Waals surface area (Å²) in [6.45, 7) is 0. The van der Waals surface area contributed by atoms with E-state index in [1.165, 1.54) is 30.3 Å². The maximum atomic E-state index is 12.9. The Bertz CT molecular complexity index is 760. The van der Waals surface area contributed by atoms with Gasteiger partial charge in [-0.1, -0.05) is 29.8 Å². The Labute approximate surface area is 124 Å². The molecule has 2 aromatic carbocycles. The molecule has 1 N–H and O–H groups in total. The van der Waals surface area contributed by atoms with Crippen LogP contribution in [0.25, 0.3) is 0 Å². The first-order valence-corrected chi connectivity index (χ1v) is 7.51. The van der Waals surface area contributed by atoms with Crippen molar-refractivity contribution in [3.63, 3.8) is 0 Å². The van der Waals surface area contributed by atoms with E-state index in [1.54, 1.807) is 0 Å². The van der Waals surface area contributed by atoms with Gasteiger partial charge in [0, 0.05) is 5.02 Å². The van der Waals surface area contributed by atoms with E-state index in [2.05, 4.69) is 4.72 Å². The van der Waals surface area contributed by atoms with Crippen LogP contribution in [0.5, 0.6) is 0 Å². The molecule has 0 heterocycles. The van der Waals surface area contributed by atoms with Gasteiger partial charge in [0.2, 0.25) is 0 Å². The summed E-state index contributed by atoms with van der Waals surface area (Å²) in [4.78, 5) is -0.836. The fraction of sp³-hybridized carbons (Fsp3) is 0.0769. The van der Waals surface area contributed by atoms with Crippen molar-refractivity contribution in [3.05, 3.63) is 59.1 Å². The second-order valence-electron chi connectivity index (χ2n) is 4.11. The number of sulfonamides is 1. The van der Waals surface area contributed by atoms with E-state index >= 15 is 0 Å². The average molecular weight is 336 g/mol. The molecule has 0 atom stereocenters. The average Bonchev–Trinajstić information content (AvgIpc) is 2.37. The van der Waals surface area contributed by atoms with Crippen LogP contribution in [0, 0.1) is 0 Å². The number of hydrogen-bond acceptors (Lipinski definition) is 2. The fourth-order valence-electron chi connectivity index (χ4n) is 1.70. The summed E-state index contributed by atoms with van der Waals surface area (Å²) in [7, 11) is -4.37. The van der Waals surface area contributed by atoms with Gasteiger partial charge in [-0.05, 0) is 30.3 Å². The van der Waals surface area contributed by atoms with Crippen molar-refractivity contribution in [2.24, 2.45) is 0 Å². The lowest BCUT2D eigenvalue weighted by atomic mass is 10.2. The second-order valence-corrected chi connectivity index (χ2v) is 6.20. The van der Waals surface area contributed by atoms with Crippen LogP contribution < -0.4 is 4.72 Å². The molecule has 0 radical (unpaired) electrons. The fourth-order valence-corrected chi connectivity index (χ4v) is 3.17. The van der Waals surface area contributed by atoms with Crippen molar-refractivity contribution < 1.29 is 21.6 Å². The first-order chi connectivity index (χ1) is 9.70. The van der Waals surface area contributed by atoms with Gasteiger partial charge in [0.1, 0.15) is 0 Å². The van der Waals surface area contributed by atoms with Gasteiger partial charge in [-0.3, -0.25) is 4.72 Å². The topological polar surface area (TPSA) is 46.2 Å². The molecule has 8 heteroatoms.